The van der Waals surface area contributed by atoms with Gasteiger partial charge in [0.05, 0.1) is 0 Å². The number of hydrogen-bond donors (Lipinski definition) is 0. The molecule has 0 saturated heterocycles. The van der Waals surface area contributed by atoms with E-state index in [1.54, 1.807) is 0 Å². The van der Waals surface area contributed by atoms with Crippen LogP contribution in [0, 0.1) is 0 Å². The molecule has 2 heteroatoms. The third-order valence-electron chi connectivity index (χ3n) is 4.40. The predicted molar refractivity (Wildman–Crippen MR) is 91.7 cm³/mol. The Morgan fingerprint density at radius 2 is 0.909 bits per heavy atom. The van der Waals surface area contributed by atoms with E-state index in [0.717, 1.165) is 13.1 Å². The van der Waals surface area contributed by atoms with Gasteiger partial charge in [-0.05, 0) is 0 Å². The molecule has 0 saturated carbocycles. The monoisotopic (exact) mass is 294 g/mol. The molecular formula is C20H26N2+2. The summed E-state index contributed by atoms with van der Waals surface area (Å²) >= 11 is 0. The van der Waals surface area contributed by atoms with Crippen LogP contribution in [0.2, 0.25) is 0 Å². The molecule has 0 N–H and O–H groups in total. The fraction of sp³-hybridized carbons (Fsp3) is 0.400. The molecule has 3 rings (SSSR count). The van der Waals surface area contributed by atoms with Gasteiger partial charge >= 0.3 is 0 Å². The summed E-state index contributed by atoms with van der Waals surface area (Å²) < 4.78 is 4.99. The van der Waals surface area contributed by atoms with Crippen molar-refractivity contribution in [1.29, 1.82) is 0 Å². The predicted octanol–water partition coefficient (Wildman–Crippen LogP) is 4.17. The SMILES string of the molecule is CCCC[n+]1c2ccccc2[n+](CCCC)c2ccccc21. The van der Waals surface area contributed by atoms with Crippen LogP contribution in [0.5, 0.6) is 0 Å². The highest BCUT2D eigenvalue weighted by molar-refractivity contribution is 5.75. The van der Waals surface area contributed by atoms with Gasteiger partial charge in [-0.2, -0.15) is 9.13 Å². The molecular weight excluding hydrogens is 268 g/mol. The Morgan fingerprint density at radius 1 is 0.591 bits per heavy atom. The molecule has 0 amide bonds. The first-order valence-electron chi connectivity index (χ1n) is 8.60. The van der Waals surface area contributed by atoms with Gasteiger partial charge in [0.15, 0.2) is 0 Å². The molecule has 0 unspecified atom stereocenters. The third-order valence-corrected chi connectivity index (χ3v) is 4.40. The fourth-order valence-electron chi connectivity index (χ4n) is 3.22. The van der Waals surface area contributed by atoms with E-state index in [0.29, 0.717) is 0 Å². The third kappa shape index (κ3) is 2.70. The van der Waals surface area contributed by atoms with Crippen molar-refractivity contribution in [3.63, 3.8) is 0 Å². The van der Waals surface area contributed by atoms with Crippen LogP contribution in [0.1, 0.15) is 39.5 Å². The number of para-hydroxylation sites is 4. The second-order valence-corrected chi connectivity index (χ2v) is 5.99. The average Bonchev–Trinajstić information content (AvgIpc) is 2.58. The van der Waals surface area contributed by atoms with Crippen molar-refractivity contribution in [2.45, 2.75) is 52.6 Å². The molecule has 3 aromatic rings. The zero-order valence-electron chi connectivity index (χ0n) is 13.8. The van der Waals surface area contributed by atoms with Crippen LogP contribution < -0.4 is 9.13 Å². The minimum Gasteiger partial charge on any atom is -0.181 e. The van der Waals surface area contributed by atoms with E-state index in [2.05, 4.69) is 71.5 Å². The number of aromatic nitrogens is 2. The molecule has 2 aromatic carbocycles. The summed E-state index contributed by atoms with van der Waals surface area (Å²) in [5.74, 6) is 0. The Hall–Kier alpha value is -1.96. The lowest BCUT2D eigenvalue weighted by atomic mass is 10.2. The van der Waals surface area contributed by atoms with Crippen LogP contribution in [0.15, 0.2) is 48.5 Å². The molecule has 0 aliphatic heterocycles. The van der Waals surface area contributed by atoms with E-state index >= 15 is 0 Å². The molecule has 1 aromatic heterocycles. The molecule has 1 heterocycles. The minimum atomic E-state index is 1.09. The van der Waals surface area contributed by atoms with Crippen LogP contribution in [0.25, 0.3) is 22.1 Å². The van der Waals surface area contributed by atoms with E-state index in [4.69, 9.17) is 0 Å². The van der Waals surface area contributed by atoms with Crippen LogP contribution in [-0.2, 0) is 13.1 Å². The van der Waals surface area contributed by atoms with Crippen LogP contribution >= 0.6 is 0 Å². The number of fused-ring (bicyclic) bond motifs is 2. The first-order valence-corrected chi connectivity index (χ1v) is 8.60. The van der Waals surface area contributed by atoms with Crippen molar-refractivity contribution in [1.82, 2.24) is 0 Å². The van der Waals surface area contributed by atoms with Crippen LogP contribution in [-0.4, -0.2) is 0 Å². The average molecular weight is 294 g/mol. The smallest absolute Gasteiger partial charge is 0.181 e. The second kappa shape index (κ2) is 6.87. The van der Waals surface area contributed by atoms with E-state index in [-0.39, 0.29) is 0 Å². The fourth-order valence-corrected chi connectivity index (χ4v) is 3.22. The van der Waals surface area contributed by atoms with Gasteiger partial charge in [-0.1, -0.05) is 51.0 Å². The Kier molecular flexibility index (Phi) is 4.67. The molecule has 22 heavy (non-hydrogen) atoms. The second-order valence-electron chi connectivity index (χ2n) is 5.99. The molecule has 0 aliphatic carbocycles. The highest BCUT2D eigenvalue weighted by Crippen LogP contribution is 2.14. The van der Waals surface area contributed by atoms with Gasteiger partial charge in [-0.15, -0.1) is 0 Å². The minimum absolute atomic E-state index is 1.09. The van der Waals surface area contributed by atoms with Gasteiger partial charge in [0.1, 0.15) is 13.1 Å². The summed E-state index contributed by atoms with van der Waals surface area (Å²) in [7, 11) is 0. The quantitative estimate of drug-likeness (QED) is 0.476. The molecule has 0 atom stereocenters. The summed E-state index contributed by atoms with van der Waals surface area (Å²) in [6, 6.07) is 17.7. The number of unbranched alkanes of at least 4 members (excludes halogenated alkanes) is 2. The van der Waals surface area contributed by atoms with Crippen LogP contribution in [0.3, 0.4) is 0 Å². The van der Waals surface area contributed by atoms with Crippen molar-refractivity contribution in [2.24, 2.45) is 0 Å². The van der Waals surface area contributed by atoms with Gasteiger partial charge in [-0.3, -0.25) is 0 Å². The van der Waals surface area contributed by atoms with Crippen molar-refractivity contribution in [3.8, 4) is 0 Å². The van der Waals surface area contributed by atoms with Crippen molar-refractivity contribution >= 4 is 22.1 Å². The van der Waals surface area contributed by atoms with Gasteiger partial charge in [-0.25, -0.2) is 0 Å². The summed E-state index contributed by atoms with van der Waals surface area (Å²) in [4.78, 5) is 0. The summed E-state index contributed by atoms with van der Waals surface area (Å²) in [6.07, 6.45) is 4.88. The maximum absolute atomic E-state index is 2.50. The lowest BCUT2D eigenvalue weighted by molar-refractivity contribution is -0.684. The molecule has 2 nitrogen and oxygen atoms in total. The van der Waals surface area contributed by atoms with Gasteiger partial charge in [0, 0.05) is 37.1 Å². The van der Waals surface area contributed by atoms with Gasteiger partial charge in [0.2, 0.25) is 0 Å². The van der Waals surface area contributed by atoms with E-state index in [1.807, 2.05) is 0 Å². The zero-order valence-corrected chi connectivity index (χ0v) is 13.8. The first-order chi connectivity index (χ1) is 10.9. The molecule has 0 spiro atoms. The Bertz CT molecular complexity index is 654. The number of hydrogen-bond acceptors (Lipinski definition) is 0. The lowest BCUT2D eigenvalue weighted by Crippen LogP contribution is -2.45. The molecule has 0 radical (unpaired) electrons. The van der Waals surface area contributed by atoms with Crippen molar-refractivity contribution in [2.75, 3.05) is 0 Å². The molecule has 0 bridgehead atoms. The number of aryl methyl sites for hydroxylation is 2. The Labute approximate surface area is 133 Å². The molecule has 114 valence electrons. The van der Waals surface area contributed by atoms with E-state index in [9.17, 15) is 0 Å². The summed E-state index contributed by atoms with van der Waals surface area (Å²) in [5, 5.41) is 0. The summed E-state index contributed by atoms with van der Waals surface area (Å²) in [5.41, 5.74) is 5.41. The van der Waals surface area contributed by atoms with Crippen molar-refractivity contribution in [3.05, 3.63) is 48.5 Å². The first kappa shape index (κ1) is 15.0. The van der Waals surface area contributed by atoms with Crippen LogP contribution in [0.4, 0.5) is 0 Å². The van der Waals surface area contributed by atoms with Gasteiger partial charge in [0.25, 0.3) is 22.1 Å². The Balaban J connectivity index is 2.32. The highest BCUT2D eigenvalue weighted by atomic mass is 15.1. The summed E-state index contributed by atoms with van der Waals surface area (Å²) in [6.45, 7) is 6.70. The maximum Gasteiger partial charge on any atom is 0.278 e. The molecule has 0 fully saturated rings. The van der Waals surface area contributed by atoms with E-state index in [1.165, 1.54) is 47.8 Å². The largest absolute Gasteiger partial charge is 0.278 e. The normalized spacial score (nSPS) is 11.4. The van der Waals surface area contributed by atoms with Gasteiger partial charge < -0.3 is 0 Å². The molecule has 0 aliphatic rings. The maximum atomic E-state index is 2.50. The lowest BCUT2D eigenvalue weighted by Gasteiger charge is -2.07. The number of rotatable bonds is 6. The zero-order chi connectivity index (χ0) is 15.4. The van der Waals surface area contributed by atoms with Crippen molar-refractivity contribution < 1.29 is 9.13 Å². The standard InChI is InChI=1S/C20H26N2/c1-3-5-15-21-17-11-7-9-13-19(17)22(16-6-4-2)20-14-10-8-12-18(20)21/h7-14H,3-6,15-16H2,1-2H3/q+2. The highest BCUT2D eigenvalue weighted by Gasteiger charge is 2.25. The number of nitrogens with zero attached hydrogens (tertiary/aromatic N) is 2. The number of benzene rings is 2. The topological polar surface area (TPSA) is 7.76 Å². The Morgan fingerprint density at radius 3 is 1.18 bits per heavy atom. The van der Waals surface area contributed by atoms with E-state index < -0.39 is 0 Å².